The van der Waals surface area contributed by atoms with Crippen molar-refractivity contribution >= 4 is 15.7 Å². The molecule has 0 amide bonds. The molecule has 1 saturated carbocycles. The quantitative estimate of drug-likeness (QED) is 0.728. The Morgan fingerprint density at radius 2 is 2.15 bits per heavy atom. The van der Waals surface area contributed by atoms with Crippen LogP contribution in [-0.2, 0) is 10.0 Å². The predicted octanol–water partition coefficient (Wildman–Crippen LogP) is 1.16. The van der Waals surface area contributed by atoms with Crippen molar-refractivity contribution in [2.75, 3.05) is 12.3 Å². The van der Waals surface area contributed by atoms with E-state index in [1.807, 2.05) is 0 Å². The minimum Gasteiger partial charge on any atom is -0.398 e. The van der Waals surface area contributed by atoms with Gasteiger partial charge in [0.1, 0.15) is 10.7 Å². The van der Waals surface area contributed by atoms with Crippen LogP contribution >= 0.6 is 0 Å². The number of nitrogens with two attached hydrogens (primary N) is 1. The fourth-order valence-electron chi connectivity index (χ4n) is 2.55. The Bertz CT molecular complexity index is 604. The van der Waals surface area contributed by atoms with Crippen molar-refractivity contribution in [3.8, 4) is 0 Å². The molecule has 0 bridgehead atoms. The number of sulfonamides is 1. The Hall–Kier alpha value is -1.18. The molecule has 1 aliphatic rings. The summed E-state index contributed by atoms with van der Waals surface area (Å²) in [5.74, 6) is -0.932. The number of anilines is 1. The fraction of sp³-hybridized carbons (Fsp3) is 0.538. The Morgan fingerprint density at radius 1 is 1.45 bits per heavy atom. The molecule has 1 fully saturated rings. The SMILES string of the molecule is Cc1cc(F)c(S(=O)(=O)NC2CCCC2CO)cc1N. The lowest BCUT2D eigenvalue weighted by Gasteiger charge is -2.19. The molecular formula is C13H19FN2O3S. The van der Waals surface area contributed by atoms with Crippen LogP contribution < -0.4 is 10.5 Å². The summed E-state index contributed by atoms with van der Waals surface area (Å²) in [6, 6.07) is 1.89. The summed E-state index contributed by atoms with van der Waals surface area (Å²) >= 11 is 0. The van der Waals surface area contributed by atoms with Crippen LogP contribution in [0.5, 0.6) is 0 Å². The average Bonchev–Trinajstić information content (AvgIpc) is 2.80. The van der Waals surface area contributed by atoms with E-state index in [2.05, 4.69) is 4.72 Å². The van der Waals surface area contributed by atoms with Crippen molar-refractivity contribution in [3.05, 3.63) is 23.5 Å². The van der Waals surface area contributed by atoms with Crippen molar-refractivity contribution < 1.29 is 17.9 Å². The van der Waals surface area contributed by atoms with E-state index in [9.17, 15) is 17.9 Å². The van der Waals surface area contributed by atoms with Crippen LogP contribution in [0.2, 0.25) is 0 Å². The number of benzene rings is 1. The molecule has 0 radical (unpaired) electrons. The second kappa shape index (κ2) is 5.67. The largest absolute Gasteiger partial charge is 0.398 e. The summed E-state index contributed by atoms with van der Waals surface area (Å²) in [4.78, 5) is -0.441. The first kappa shape index (κ1) is 15.2. The Balaban J connectivity index is 2.29. The van der Waals surface area contributed by atoms with Gasteiger partial charge in [0.15, 0.2) is 0 Å². The lowest BCUT2D eigenvalue weighted by atomic mass is 10.1. The van der Waals surface area contributed by atoms with Gasteiger partial charge in [-0.25, -0.2) is 17.5 Å². The zero-order chi connectivity index (χ0) is 14.9. The molecule has 1 aromatic carbocycles. The maximum absolute atomic E-state index is 13.9. The third-order valence-electron chi connectivity index (χ3n) is 3.81. The number of halogens is 1. The van der Waals surface area contributed by atoms with Gasteiger partial charge in [-0.3, -0.25) is 0 Å². The smallest absolute Gasteiger partial charge is 0.243 e. The second-order valence-electron chi connectivity index (χ2n) is 5.24. The zero-order valence-electron chi connectivity index (χ0n) is 11.3. The van der Waals surface area contributed by atoms with Crippen LogP contribution in [0.15, 0.2) is 17.0 Å². The van der Waals surface area contributed by atoms with Crippen LogP contribution in [0.25, 0.3) is 0 Å². The Morgan fingerprint density at radius 3 is 2.80 bits per heavy atom. The number of aliphatic hydroxyl groups is 1. The van der Waals surface area contributed by atoms with Gasteiger partial charge in [0.25, 0.3) is 0 Å². The summed E-state index contributed by atoms with van der Waals surface area (Å²) in [5, 5.41) is 9.21. The number of aryl methyl sites for hydroxylation is 1. The molecular weight excluding hydrogens is 283 g/mol. The number of nitrogen functional groups attached to an aromatic ring is 1. The summed E-state index contributed by atoms with van der Waals surface area (Å²) in [6.45, 7) is 1.53. The van der Waals surface area contributed by atoms with E-state index >= 15 is 0 Å². The van der Waals surface area contributed by atoms with Crippen molar-refractivity contribution in [2.24, 2.45) is 5.92 Å². The van der Waals surface area contributed by atoms with Crippen molar-refractivity contribution in [1.82, 2.24) is 4.72 Å². The maximum Gasteiger partial charge on any atom is 0.243 e. The molecule has 7 heteroatoms. The first-order valence-corrected chi connectivity index (χ1v) is 8.02. The third-order valence-corrected chi connectivity index (χ3v) is 5.32. The Kier molecular flexibility index (Phi) is 4.31. The minimum absolute atomic E-state index is 0.0777. The Labute approximate surface area is 118 Å². The van der Waals surface area contributed by atoms with Gasteiger partial charge in [-0.1, -0.05) is 6.42 Å². The van der Waals surface area contributed by atoms with Crippen molar-refractivity contribution in [2.45, 2.75) is 37.1 Å². The van der Waals surface area contributed by atoms with Crippen LogP contribution in [0.4, 0.5) is 10.1 Å². The highest BCUT2D eigenvalue weighted by Gasteiger charge is 2.32. The molecule has 0 saturated heterocycles. The van der Waals surface area contributed by atoms with Crippen LogP contribution in [-0.4, -0.2) is 26.2 Å². The summed E-state index contributed by atoms with van der Waals surface area (Å²) in [6.07, 6.45) is 2.26. The van der Waals surface area contributed by atoms with E-state index in [-0.39, 0.29) is 24.3 Å². The van der Waals surface area contributed by atoms with E-state index in [1.54, 1.807) is 6.92 Å². The van der Waals surface area contributed by atoms with E-state index in [0.717, 1.165) is 25.0 Å². The van der Waals surface area contributed by atoms with Gasteiger partial charge in [0.05, 0.1) is 0 Å². The maximum atomic E-state index is 13.9. The van der Waals surface area contributed by atoms with Crippen molar-refractivity contribution in [3.63, 3.8) is 0 Å². The van der Waals surface area contributed by atoms with Gasteiger partial charge in [-0.05, 0) is 43.4 Å². The monoisotopic (exact) mass is 302 g/mol. The molecule has 0 aromatic heterocycles. The highest BCUT2D eigenvalue weighted by Crippen LogP contribution is 2.28. The lowest BCUT2D eigenvalue weighted by Crippen LogP contribution is -2.38. The second-order valence-corrected chi connectivity index (χ2v) is 6.92. The molecule has 20 heavy (non-hydrogen) atoms. The molecule has 112 valence electrons. The van der Waals surface area contributed by atoms with E-state index < -0.39 is 20.7 Å². The van der Waals surface area contributed by atoms with E-state index in [1.165, 1.54) is 0 Å². The molecule has 0 aliphatic heterocycles. The van der Waals surface area contributed by atoms with Gasteiger partial charge in [-0.2, -0.15) is 0 Å². The number of nitrogens with one attached hydrogen (secondary N) is 1. The summed E-state index contributed by atoms with van der Waals surface area (Å²) < 4.78 is 40.8. The summed E-state index contributed by atoms with van der Waals surface area (Å²) in [7, 11) is -3.97. The van der Waals surface area contributed by atoms with Crippen molar-refractivity contribution in [1.29, 1.82) is 0 Å². The van der Waals surface area contributed by atoms with Gasteiger partial charge in [-0.15, -0.1) is 0 Å². The van der Waals surface area contributed by atoms with Crippen LogP contribution in [0, 0.1) is 18.7 Å². The standard InChI is InChI=1S/C13H19FN2O3S/c1-8-5-10(14)13(6-11(8)15)20(18,19)16-12-4-2-3-9(12)7-17/h5-6,9,12,16-17H,2-4,7,15H2,1H3. The molecule has 4 N–H and O–H groups in total. The first-order chi connectivity index (χ1) is 9.35. The average molecular weight is 302 g/mol. The molecule has 1 aromatic rings. The van der Waals surface area contributed by atoms with E-state index in [0.29, 0.717) is 12.0 Å². The number of hydrogen-bond acceptors (Lipinski definition) is 4. The highest BCUT2D eigenvalue weighted by molar-refractivity contribution is 7.89. The number of hydrogen-bond donors (Lipinski definition) is 3. The van der Waals surface area contributed by atoms with Crippen LogP contribution in [0.3, 0.4) is 0 Å². The van der Waals surface area contributed by atoms with Gasteiger partial charge in [0, 0.05) is 18.3 Å². The van der Waals surface area contributed by atoms with Gasteiger partial charge >= 0.3 is 0 Å². The molecule has 2 atom stereocenters. The lowest BCUT2D eigenvalue weighted by molar-refractivity contribution is 0.213. The molecule has 0 spiro atoms. The van der Waals surface area contributed by atoms with Crippen LogP contribution in [0.1, 0.15) is 24.8 Å². The fourth-order valence-corrected chi connectivity index (χ4v) is 3.98. The molecule has 5 nitrogen and oxygen atoms in total. The van der Waals surface area contributed by atoms with Gasteiger partial charge < -0.3 is 10.8 Å². The first-order valence-electron chi connectivity index (χ1n) is 6.54. The third kappa shape index (κ3) is 2.94. The molecule has 2 rings (SSSR count). The topological polar surface area (TPSA) is 92.4 Å². The van der Waals surface area contributed by atoms with E-state index in [4.69, 9.17) is 5.73 Å². The number of rotatable bonds is 4. The summed E-state index contributed by atoms with van der Waals surface area (Å²) in [5.41, 5.74) is 6.38. The molecule has 2 unspecified atom stereocenters. The normalized spacial score (nSPS) is 23.1. The number of aliphatic hydroxyl groups excluding tert-OH is 1. The minimum atomic E-state index is -3.97. The molecule has 1 aliphatic carbocycles. The predicted molar refractivity (Wildman–Crippen MR) is 74.1 cm³/mol. The highest BCUT2D eigenvalue weighted by atomic mass is 32.2. The molecule has 0 heterocycles. The van der Waals surface area contributed by atoms with Gasteiger partial charge in [0.2, 0.25) is 10.0 Å². The zero-order valence-corrected chi connectivity index (χ0v) is 12.1.